The van der Waals surface area contributed by atoms with E-state index in [4.69, 9.17) is 4.74 Å². The normalized spacial score (nSPS) is 12.6. The van der Waals surface area contributed by atoms with Crippen LogP contribution in [0.2, 0.25) is 0 Å². The zero-order valence-electron chi connectivity index (χ0n) is 16.5. The van der Waals surface area contributed by atoms with E-state index in [1.807, 2.05) is 51.1 Å². The molecule has 0 unspecified atom stereocenters. The summed E-state index contributed by atoms with van der Waals surface area (Å²) in [5.41, 5.74) is 0.876. The summed E-state index contributed by atoms with van der Waals surface area (Å²) in [7, 11) is -3.86. The van der Waals surface area contributed by atoms with E-state index in [1.54, 1.807) is 12.1 Å². The Balaban J connectivity index is 2.20. The first-order valence-electron chi connectivity index (χ1n) is 9.38. The lowest BCUT2D eigenvalue weighted by Gasteiger charge is -2.19. The van der Waals surface area contributed by atoms with Crippen LogP contribution in [0.3, 0.4) is 0 Å². The number of ether oxygens (including phenoxy) is 1. The third-order valence-corrected chi connectivity index (χ3v) is 5.51. The Morgan fingerprint density at radius 1 is 1.04 bits per heavy atom. The average Bonchev–Trinajstić information content (AvgIpc) is 2.67. The van der Waals surface area contributed by atoms with Crippen LogP contribution in [-0.2, 0) is 21.2 Å². The Kier molecular flexibility index (Phi) is 8.02. The van der Waals surface area contributed by atoms with Gasteiger partial charge < -0.3 is 10.1 Å². The number of nitrogens with one attached hydrogen (secondary N) is 2. The molecule has 0 heterocycles. The Hall–Kier alpha value is -2.38. The van der Waals surface area contributed by atoms with Crippen molar-refractivity contribution >= 4 is 15.9 Å². The number of carbonyl (C=O) groups excluding carboxylic acids is 1. The Morgan fingerprint density at radius 3 is 2.25 bits per heavy atom. The Labute approximate surface area is 167 Å². The second kappa shape index (κ2) is 10.2. The van der Waals surface area contributed by atoms with Gasteiger partial charge >= 0.3 is 0 Å². The number of benzene rings is 2. The maximum Gasteiger partial charge on any atom is 0.241 e. The molecule has 152 valence electrons. The second-order valence-electron chi connectivity index (χ2n) is 6.91. The topological polar surface area (TPSA) is 84.5 Å². The highest BCUT2D eigenvalue weighted by Crippen LogP contribution is 2.17. The van der Waals surface area contributed by atoms with Gasteiger partial charge in [0.05, 0.1) is 11.5 Å². The van der Waals surface area contributed by atoms with Gasteiger partial charge in [0, 0.05) is 6.54 Å². The van der Waals surface area contributed by atoms with Crippen molar-refractivity contribution in [2.75, 3.05) is 13.2 Å². The molecule has 0 aliphatic heterocycles. The van der Waals surface area contributed by atoms with Crippen LogP contribution >= 0.6 is 0 Å². The van der Waals surface area contributed by atoms with Gasteiger partial charge in [-0.15, -0.1) is 0 Å². The monoisotopic (exact) mass is 404 g/mol. The van der Waals surface area contributed by atoms with Gasteiger partial charge in [-0.3, -0.25) is 4.79 Å². The molecule has 6 nitrogen and oxygen atoms in total. The number of hydrogen-bond donors (Lipinski definition) is 2. The zero-order valence-corrected chi connectivity index (χ0v) is 17.3. The summed E-state index contributed by atoms with van der Waals surface area (Å²) < 4.78 is 33.5. The van der Waals surface area contributed by atoms with Crippen molar-refractivity contribution in [1.29, 1.82) is 0 Å². The molecule has 0 radical (unpaired) electrons. The largest absolute Gasteiger partial charge is 0.494 e. The van der Waals surface area contributed by atoms with Crippen LogP contribution in [0.5, 0.6) is 5.75 Å². The molecular weight excluding hydrogens is 376 g/mol. The van der Waals surface area contributed by atoms with Crippen molar-refractivity contribution in [3.63, 3.8) is 0 Å². The van der Waals surface area contributed by atoms with Crippen LogP contribution in [-0.4, -0.2) is 33.5 Å². The molecule has 2 aromatic carbocycles. The minimum atomic E-state index is -3.86. The number of rotatable bonds is 10. The van der Waals surface area contributed by atoms with Gasteiger partial charge in [-0.1, -0.05) is 44.2 Å². The fourth-order valence-electron chi connectivity index (χ4n) is 2.60. The first kappa shape index (κ1) is 21.9. The third-order valence-electron chi connectivity index (χ3n) is 4.03. The summed E-state index contributed by atoms with van der Waals surface area (Å²) in [4.78, 5) is 12.7. The molecule has 0 fully saturated rings. The van der Waals surface area contributed by atoms with Gasteiger partial charge in [-0.25, -0.2) is 8.42 Å². The van der Waals surface area contributed by atoms with Crippen molar-refractivity contribution in [1.82, 2.24) is 10.0 Å². The Bertz CT molecular complexity index is 850. The van der Waals surface area contributed by atoms with Gasteiger partial charge in [-0.05, 0) is 49.1 Å². The second-order valence-corrected chi connectivity index (χ2v) is 8.62. The molecule has 1 atom stereocenters. The van der Waals surface area contributed by atoms with Crippen molar-refractivity contribution in [2.45, 2.75) is 38.1 Å². The van der Waals surface area contributed by atoms with Gasteiger partial charge in [0.25, 0.3) is 0 Å². The van der Waals surface area contributed by atoms with Gasteiger partial charge in [0.1, 0.15) is 11.8 Å². The minimum absolute atomic E-state index is 0.0886. The summed E-state index contributed by atoms with van der Waals surface area (Å²) in [5, 5.41) is 2.82. The van der Waals surface area contributed by atoms with Crippen molar-refractivity contribution in [2.24, 2.45) is 5.92 Å². The molecule has 0 saturated heterocycles. The summed E-state index contributed by atoms with van der Waals surface area (Å²) in [6.07, 6.45) is 0.265. The van der Waals surface area contributed by atoms with Gasteiger partial charge in [0.2, 0.25) is 15.9 Å². The van der Waals surface area contributed by atoms with E-state index in [0.717, 1.165) is 5.56 Å². The van der Waals surface area contributed by atoms with Crippen LogP contribution in [0, 0.1) is 5.92 Å². The molecule has 28 heavy (non-hydrogen) atoms. The number of sulfonamides is 1. The Morgan fingerprint density at radius 2 is 1.68 bits per heavy atom. The maximum absolute atomic E-state index is 12.8. The summed E-state index contributed by atoms with van der Waals surface area (Å²) in [6.45, 7) is 6.80. The van der Waals surface area contributed by atoms with E-state index >= 15 is 0 Å². The molecule has 2 N–H and O–H groups in total. The van der Waals surface area contributed by atoms with Crippen molar-refractivity contribution in [3.8, 4) is 5.75 Å². The highest BCUT2D eigenvalue weighted by molar-refractivity contribution is 7.89. The molecule has 2 aromatic rings. The maximum atomic E-state index is 12.8. The number of carbonyl (C=O) groups is 1. The molecule has 0 aliphatic carbocycles. The number of hydrogen-bond acceptors (Lipinski definition) is 4. The van der Waals surface area contributed by atoms with Crippen LogP contribution in [0.25, 0.3) is 0 Å². The molecule has 1 amide bonds. The molecule has 2 rings (SSSR count). The molecule has 0 saturated carbocycles. The lowest BCUT2D eigenvalue weighted by molar-refractivity contribution is -0.122. The van der Waals surface area contributed by atoms with E-state index in [0.29, 0.717) is 18.9 Å². The molecule has 0 aromatic heterocycles. The fourth-order valence-corrected chi connectivity index (χ4v) is 3.80. The van der Waals surface area contributed by atoms with Crippen LogP contribution in [0.1, 0.15) is 26.3 Å². The van der Waals surface area contributed by atoms with E-state index in [-0.39, 0.29) is 23.1 Å². The standard InChI is InChI=1S/C21H28N2O4S/c1-4-27-18-10-12-19(13-11-18)28(25,26)23-20(21(24)22-15-16(2)3)14-17-8-6-5-7-9-17/h5-13,16,20,23H,4,14-15H2,1-3H3,(H,22,24)/t20-/m0/s1. The molecular formula is C21H28N2O4S. The van der Waals surface area contributed by atoms with E-state index in [2.05, 4.69) is 10.0 Å². The minimum Gasteiger partial charge on any atom is -0.494 e. The predicted octanol–water partition coefficient (Wildman–Crippen LogP) is 2.75. The highest BCUT2D eigenvalue weighted by Gasteiger charge is 2.26. The van der Waals surface area contributed by atoms with Gasteiger partial charge in [-0.2, -0.15) is 4.72 Å². The summed E-state index contributed by atoms with van der Waals surface area (Å²) in [5.74, 6) is 0.521. The quantitative estimate of drug-likeness (QED) is 0.638. The first-order chi connectivity index (χ1) is 13.3. The van der Waals surface area contributed by atoms with Crippen LogP contribution < -0.4 is 14.8 Å². The predicted molar refractivity (Wildman–Crippen MR) is 110 cm³/mol. The van der Waals surface area contributed by atoms with Crippen molar-refractivity contribution < 1.29 is 17.9 Å². The van der Waals surface area contributed by atoms with E-state index in [9.17, 15) is 13.2 Å². The smallest absolute Gasteiger partial charge is 0.241 e. The van der Waals surface area contributed by atoms with Crippen LogP contribution in [0.15, 0.2) is 59.5 Å². The first-order valence-corrected chi connectivity index (χ1v) is 10.9. The lowest BCUT2D eigenvalue weighted by atomic mass is 10.1. The SMILES string of the molecule is CCOc1ccc(S(=O)(=O)N[C@@H](Cc2ccccc2)C(=O)NCC(C)C)cc1. The third kappa shape index (κ3) is 6.65. The molecule has 0 spiro atoms. The zero-order chi connectivity index (χ0) is 20.6. The van der Waals surface area contributed by atoms with Gasteiger partial charge in [0.15, 0.2) is 0 Å². The van der Waals surface area contributed by atoms with Crippen molar-refractivity contribution in [3.05, 3.63) is 60.2 Å². The molecule has 7 heteroatoms. The lowest BCUT2D eigenvalue weighted by Crippen LogP contribution is -2.48. The number of amides is 1. The summed E-state index contributed by atoms with van der Waals surface area (Å²) in [6, 6.07) is 14.6. The fraction of sp³-hybridized carbons (Fsp3) is 0.381. The van der Waals surface area contributed by atoms with E-state index in [1.165, 1.54) is 12.1 Å². The summed E-state index contributed by atoms with van der Waals surface area (Å²) >= 11 is 0. The van der Waals surface area contributed by atoms with Crippen LogP contribution in [0.4, 0.5) is 0 Å². The van der Waals surface area contributed by atoms with E-state index < -0.39 is 16.1 Å². The molecule has 0 aliphatic rings. The molecule has 0 bridgehead atoms. The highest BCUT2D eigenvalue weighted by atomic mass is 32.2. The average molecular weight is 405 g/mol.